The molecule has 0 saturated heterocycles. The van der Waals surface area contributed by atoms with Crippen molar-refractivity contribution in [2.45, 2.75) is 5.92 Å². The summed E-state index contributed by atoms with van der Waals surface area (Å²) in [5.41, 5.74) is 13.6. The van der Waals surface area contributed by atoms with E-state index in [1.807, 2.05) is 0 Å². The predicted molar refractivity (Wildman–Crippen MR) is 227 cm³/mol. The second kappa shape index (κ2) is 11.3. The Balaban J connectivity index is 1.07. The summed E-state index contributed by atoms with van der Waals surface area (Å²) in [6, 6.07) is 69.1. The second-order valence-electron chi connectivity index (χ2n) is 14.7. The van der Waals surface area contributed by atoms with E-state index in [1.165, 1.54) is 93.2 Å². The minimum atomic E-state index is 0.228. The van der Waals surface area contributed by atoms with Gasteiger partial charge in [-0.15, -0.1) is 0 Å². The molecule has 1 aromatic heterocycles. The quantitative estimate of drug-likeness (QED) is 0.133. The predicted octanol–water partition coefficient (Wildman–Crippen LogP) is 14.7. The number of furan rings is 1. The van der Waals surface area contributed by atoms with Gasteiger partial charge in [-0.1, -0.05) is 176 Å². The second-order valence-corrected chi connectivity index (χ2v) is 14.7. The lowest BCUT2D eigenvalue weighted by Gasteiger charge is -2.19. The normalized spacial score (nSPS) is 12.7. The molecule has 12 rings (SSSR count). The third-order valence-electron chi connectivity index (χ3n) is 11.9. The van der Waals surface area contributed by atoms with Crippen LogP contribution in [0.1, 0.15) is 22.6 Å². The zero-order valence-electron chi connectivity index (χ0n) is 29.4. The number of rotatable bonds is 3. The Bertz CT molecular complexity index is 3220. The van der Waals surface area contributed by atoms with E-state index in [9.17, 15) is 0 Å². The van der Waals surface area contributed by atoms with Crippen molar-refractivity contribution in [3.8, 4) is 33.4 Å². The molecule has 1 heteroatoms. The number of benzene rings is 10. The Morgan fingerprint density at radius 1 is 0.333 bits per heavy atom. The first-order valence-corrected chi connectivity index (χ1v) is 18.8. The van der Waals surface area contributed by atoms with E-state index in [-0.39, 0.29) is 5.92 Å². The van der Waals surface area contributed by atoms with E-state index in [0.717, 1.165) is 21.9 Å². The van der Waals surface area contributed by atoms with Crippen molar-refractivity contribution in [3.63, 3.8) is 0 Å². The van der Waals surface area contributed by atoms with Gasteiger partial charge in [0.05, 0.1) is 0 Å². The van der Waals surface area contributed by atoms with Crippen molar-refractivity contribution < 1.29 is 4.42 Å². The molecule has 0 atom stereocenters. The smallest absolute Gasteiger partial charge is 0.143 e. The molecule has 0 amide bonds. The molecule has 11 aromatic rings. The molecule has 1 aliphatic rings. The summed E-state index contributed by atoms with van der Waals surface area (Å²) in [4.78, 5) is 0. The molecule has 0 saturated carbocycles. The van der Waals surface area contributed by atoms with Crippen molar-refractivity contribution in [3.05, 3.63) is 205 Å². The summed E-state index contributed by atoms with van der Waals surface area (Å²) in [7, 11) is 0. The van der Waals surface area contributed by atoms with Gasteiger partial charge in [-0.2, -0.15) is 0 Å². The molecule has 0 aliphatic heterocycles. The maximum Gasteiger partial charge on any atom is 0.143 e. The van der Waals surface area contributed by atoms with Gasteiger partial charge < -0.3 is 4.42 Å². The molecule has 1 aliphatic carbocycles. The first-order valence-electron chi connectivity index (χ1n) is 18.8. The minimum Gasteiger partial charge on any atom is -0.455 e. The molecule has 0 bridgehead atoms. The maximum absolute atomic E-state index is 6.70. The fourth-order valence-corrected chi connectivity index (χ4v) is 9.67. The van der Waals surface area contributed by atoms with E-state index in [1.54, 1.807) is 0 Å². The van der Waals surface area contributed by atoms with Crippen LogP contribution in [0.25, 0.3) is 98.4 Å². The fourth-order valence-electron chi connectivity index (χ4n) is 9.67. The molecule has 0 unspecified atom stereocenters. The molecule has 10 aromatic carbocycles. The highest BCUT2D eigenvalue weighted by Crippen LogP contribution is 2.50. The Morgan fingerprint density at radius 3 is 1.37 bits per heavy atom. The summed E-state index contributed by atoms with van der Waals surface area (Å²) in [6.07, 6.45) is 0. The van der Waals surface area contributed by atoms with Crippen LogP contribution in [0.4, 0.5) is 0 Å². The van der Waals surface area contributed by atoms with Gasteiger partial charge in [-0.05, 0) is 99.9 Å². The fraction of sp³-hybridized carbons (Fsp3) is 0.0189. The summed E-state index contributed by atoms with van der Waals surface area (Å²) in [5.74, 6) is 0.228. The van der Waals surface area contributed by atoms with Crippen molar-refractivity contribution in [2.75, 3.05) is 0 Å². The van der Waals surface area contributed by atoms with Crippen LogP contribution in [-0.2, 0) is 0 Å². The summed E-state index contributed by atoms with van der Waals surface area (Å²) < 4.78 is 6.70. The zero-order valence-corrected chi connectivity index (χ0v) is 29.4. The minimum absolute atomic E-state index is 0.228. The Kier molecular flexibility index (Phi) is 6.18. The highest BCUT2D eigenvalue weighted by molar-refractivity contribution is 6.31. The average molecular weight is 685 g/mol. The highest BCUT2D eigenvalue weighted by atomic mass is 16.3. The molecule has 54 heavy (non-hydrogen) atoms. The molecule has 0 radical (unpaired) electrons. The van der Waals surface area contributed by atoms with Crippen LogP contribution >= 0.6 is 0 Å². The molecular weight excluding hydrogens is 653 g/mol. The third kappa shape index (κ3) is 4.10. The standard InChI is InChI=1S/C53H32O/c1-5-17-39-35(13-1)36-14-2-6-18-40(36)49(39)32-25-27-33(28-26-32)50-42-20-8-10-22-44(42)51(45-23-11-9-21-43(45)50)34-29-30-48-47(31-34)52-41-19-7-3-15-37(41)38-16-4-12-24-46(38)53(52)54-48/h1-31,49H. The Labute approximate surface area is 312 Å². The van der Waals surface area contributed by atoms with Crippen LogP contribution in [0, 0.1) is 0 Å². The summed E-state index contributed by atoms with van der Waals surface area (Å²) in [6.45, 7) is 0. The monoisotopic (exact) mass is 684 g/mol. The van der Waals surface area contributed by atoms with Gasteiger partial charge in [0, 0.05) is 22.1 Å². The number of fused-ring (bicyclic) bond motifs is 13. The third-order valence-corrected chi connectivity index (χ3v) is 11.9. The van der Waals surface area contributed by atoms with Gasteiger partial charge >= 0.3 is 0 Å². The lowest BCUT2D eigenvalue weighted by atomic mass is 9.84. The molecule has 0 spiro atoms. The van der Waals surface area contributed by atoms with Gasteiger partial charge in [0.1, 0.15) is 11.2 Å². The van der Waals surface area contributed by atoms with E-state index < -0.39 is 0 Å². The SMILES string of the molecule is c1ccc2c(c1)-c1ccccc1C2c1ccc(-c2c3ccccc3c(-c3ccc4oc5c6ccccc6c6ccccc6c5c4c3)c3ccccc23)cc1. The van der Waals surface area contributed by atoms with Crippen molar-refractivity contribution in [1.29, 1.82) is 0 Å². The van der Waals surface area contributed by atoms with E-state index in [4.69, 9.17) is 4.42 Å². The lowest BCUT2D eigenvalue weighted by molar-refractivity contribution is 0.673. The van der Waals surface area contributed by atoms with Gasteiger partial charge in [0.25, 0.3) is 0 Å². The van der Waals surface area contributed by atoms with Gasteiger partial charge in [0.15, 0.2) is 0 Å². The average Bonchev–Trinajstić information content (AvgIpc) is 3.79. The maximum atomic E-state index is 6.70. The first-order chi connectivity index (χ1) is 26.8. The van der Waals surface area contributed by atoms with Gasteiger partial charge in [-0.3, -0.25) is 0 Å². The molecule has 250 valence electrons. The van der Waals surface area contributed by atoms with E-state index in [0.29, 0.717) is 0 Å². The number of hydrogen-bond donors (Lipinski definition) is 0. The van der Waals surface area contributed by atoms with Crippen LogP contribution in [-0.4, -0.2) is 0 Å². The molecular formula is C53H32O. The van der Waals surface area contributed by atoms with E-state index in [2.05, 4.69) is 188 Å². The van der Waals surface area contributed by atoms with Gasteiger partial charge in [0.2, 0.25) is 0 Å². The largest absolute Gasteiger partial charge is 0.455 e. The van der Waals surface area contributed by atoms with Crippen LogP contribution in [0.3, 0.4) is 0 Å². The van der Waals surface area contributed by atoms with Crippen molar-refractivity contribution in [2.24, 2.45) is 0 Å². The first kappa shape index (κ1) is 29.6. The van der Waals surface area contributed by atoms with Gasteiger partial charge in [-0.25, -0.2) is 0 Å². The van der Waals surface area contributed by atoms with Crippen LogP contribution in [0.5, 0.6) is 0 Å². The van der Waals surface area contributed by atoms with Crippen LogP contribution in [0.15, 0.2) is 192 Å². The summed E-state index contributed by atoms with van der Waals surface area (Å²) in [5, 5.41) is 12.2. The van der Waals surface area contributed by atoms with Crippen LogP contribution < -0.4 is 0 Å². The summed E-state index contributed by atoms with van der Waals surface area (Å²) >= 11 is 0. The molecule has 0 fully saturated rings. The zero-order chi connectivity index (χ0) is 35.3. The van der Waals surface area contributed by atoms with Crippen LogP contribution in [0.2, 0.25) is 0 Å². The van der Waals surface area contributed by atoms with E-state index >= 15 is 0 Å². The van der Waals surface area contributed by atoms with Crippen molar-refractivity contribution in [1.82, 2.24) is 0 Å². The Hall–Kier alpha value is -6.96. The van der Waals surface area contributed by atoms with Crippen molar-refractivity contribution >= 4 is 65.0 Å². The molecule has 0 N–H and O–H groups in total. The highest BCUT2D eigenvalue weighted by Gasteiger charge is 2.29. The molecule has 1 nitrogen and oxygen atoms in total. The Morgan fingerprint density at radius 2 is 0.778 bits per heavy atom. The lowest BCUT2D eigenvalue weighted by Crippen LogP contribution is -1.99. The number of hydrogen-bond acceptors (Lipinski definition) is 1. The molecule has 1 heterocycles. The topological polar surface area (TPSA) is 13.1 Å².